The first kappa shape index (κ1) is 20.5. The van der Waals surface area contributed by atoms with Gasteiger partial charge in [-0.2, -0.15) is 0 Å². The third-order valence-corrected chi connectivity index (χ3v) is 6.00. The van der Waals surface area contributed by atoms with Gasteiger partial charge in [-0.3, -0.25) is 4.90 Å². The number of hydrogen-bond donors (Lipinski definition) is 0. The van der Waals surface area contributed by atoms with Crippen molar-refractivity contribution >= 4 is 16.5 Å². The summed E-state index contributed by atoms with van der Waals surface area (Å²) in [5.74, 6) is 0.580. The molecule has 0 amide bonds. The van der Waals surface area contributed by atoms with Crippen LogP contribution in [-0.2, 0) is 6.54 Å². The van der Waals surface area contributed by atoms with Gasteiger partial charge in [0.05, 0.1) is 12.7 Å². The van der Waals surface area contributed by atoms with Gasteiger partial charge in [-0.25, -0.2) is 8.78 Å². The Balaban J connectivity index is 1.42. The molecule has 5 rings (SSSR count). The van der Waals surface area contributed by atoms with E-state index in [0.29, 0.717) is 22.7 Å². The van der Waals surface area contributed by atoms with Crippen molar-refractivity contribution in [2.24, 2.45) is 0 Å². The fourth-order valence-electron chi connectivity index (χ4n) is 4.27. The monoisotopic (exact) mass is 431 g/mol. The van der Waals surface area contributed by atoms with Gasteiger partial charge in [-0.1, -0.05) is 36.4 Å². The molecule has 0 saturated heterocycles. The predicted octanol–water partition coefficient (Wildman–Crippen LogP) is 6.68. The number of ether oxygens (including phenoxy) is 1. The van der Waals surface area contributed by atoms with E-state index in [9.17, 15) is 8.78 Å². The van der Waals surface area contributed by atoms with Crippen LogP contribution in [0.15, 0.2) is 77.2 Å². The molecule has 0 atom stereocenters. The van der Waals surface area contributed by atoms with Crippen LogP contribution in [-0.4, -0.2) is 25.1 Å². The molecular formula is C27H23F2NO2. The Labute approximate surface area is 185 Å². The molecule has 0 N–H and O–H groups in total. The molecule has 3 aromatic carbocycles. The molecule has 0 aliphatic carbocycles. The summed E-state index contributed by atoms with van der Waals surface area (Å²) < 4.78 is 39.1. The van der Waals surface area contributed by atoms with Crippen molar-refractivity contribution in [1.29, 1.82) is 0 Å². The van der Waals surface area contributed by atoms with Crippen LogP contribution in [0.2, 0.25) is 0 Å². The normalized spacial score (nSPS) is 14.5. The Morgan fingerprint density at radius 1 is 1.00 bits per heavy atom. The van der Waals surface area contributed by atoms with Gasteiger partial charge in [-0.15, -0.1) is 0 Å². The van der Waals surface area contributed by atoms with Crippen LogP contribution >= 0.6 is 0 Å². The molecule has 0 fully saturated rings. The van der Waals surface area contributed by atoms with E-state index in [-0.39, 0.29) is 11.6 Å². The number of nitrogens with zero attached hydrogens (tertiary/aromatic N) is 1. The number of fused-ring (bicyclic) bond motifs is 1. The number of methoxy groups -OCH3 is 1. The second-order valence-electron chi connectivity index (χ2n) is 7.98. The van der Waals surface area contributed by atoms with Crippen molar-refractivity contribution in [3.8, 4) is 17.1 Å². The molecular weight excluding hydrogens is 408 g/mol. The maximum Gasteiger partial charge on any atom is 0.176 e. The first-order chi connectivity index (χ1) is 15.6. The fraction of sp³-hybridized carbons (Fsp3) is 0.185. The Kier molecular flexibility index (Phi) is 5.50. The number of benzene rings is 3. The van der Waals surface area contributed by atoms with Gasteiger partial charge < -0.3 is 9.15 Å². The molecule has 2 heterocycles. The van der Waals surface area contributed by atoms with Crippen molar-refractivity contribution in [1.82, 2.24) is 4.90 Å². The smallest absolute Gasteiger partial charge is 0.176 e. The zero-order valence-electron chi connectivity index (χ0n) is 17.8. The standard InChI is InChI=1S/C27H23F2NO2/c1-31-25-11-8-20(23-16-26(32-27(23)25)22-4-2-3-5-24(22)29)17-30-14-12-19(13-15-30)18-6-9-21(28)10-7-18/h2-12,16H,13-15,17H2,1H3. The van der Waals surface area contributed by atoms with Gasteiger partial charge in [0.25, 0.3) is 0 Å². The molecule has 4 aromatic rings. The lowest BCUT2D eigenvalue weighted by Gasteiger charge is -2.26. The lowest BCUT2D eigenvalue weighted by molar-refractivity contribution is 0.295. The highest BCUT2D eigenvalue weighted by Crippen LogP contribution is 2.37. The Morgan fingerprint density at radius 2 is 1.81 bits per heavy atom. The first-order valence-electron chi connectivity index (χ1n) is 10.6. The van der Waals surface area contributed by atoms with E-state index in [1.54, 1.807) is 25.3 Å². The Hall–Kier alpha value is -3.44. The second-order valence-corrected chi connectivity index (χ2v) is 7.98. The van der Waals surface area contributed by atoms with E-state index in [0.717, 1.165) is 42.6 Å². The minimum absolute atomic E-state index is 0.217. The maximum absolute atomic E-state index is 14.3. The summed E-state index contributed by atoms with van der Waals surface area (Å²) in [6, 6.07) is 19.1. The van der Waals surface area contributed by atoms with Gasteiger partial charge in [-0.05, 0) is 59.5 Å². The summed E-state index contributed by atoms with van der Waals surface area (Å²) in [4.78, 5) is 2.35. The highest BCUT2D eigenvalue weighted by atomic mass is 19.1. The number of furan rings is 1. The maximum atomic E-state index is 14.3. The highest BCUT2D eigenvalue weighted by Gasteiger charge is 2.19. The quantitative estimate of drug-likeness (QED) is 0.353. The molecule has 1 aliphatic rings. The summed E-state index contributed by atoms with van der Waals surface area (Å²) in [5, 5.41) is 0.927. The molecule has 0 saturated carbocycles. The average molecular weight is 431 g/mol. The van der Waals surface area contributed by atoms with E-state index < -0.39 is 0 Å². The van der Waals surface area contributed by atoms with Crippen molar-refractivity contribution in [2.75, 3.05) is 20.2 Å². The van der Waals surface area contributed by atoms with Crippen molar-refractivity contribution in [3.63, 3.8) is 0 Å². The van der Waals surface area contributed by atoms with Crippen molar-refractivity contribution in [3.05, 3.63) is 95.6 Å². The van der Waals surface area contributed by atoms with Gasteiger partial charge >= 0.3 is 0 Å². The van der Waals surface area contributed by atoms with Gasteiger partial charge in [0.1, 0.15) is 17.4 Å². The molecule has 162 valence electrons. The van der Waals surface area contributed by atoms with Crippen LogP contribution in [0.4, 0.5) is 8.78 Å². The Morgan fingerprint density at radius 3 is 2.53 bits per heavy atom. The van der Waals surface area contributed by atoms with Crippen LogP contribution in [0.25, 0.3) is 27.9 Å². The largest absolute Gasteiger partial charge is 0.493 e. The van der Waals surface area contributed by atoms with Gasteiger partial charge in [0, 0.05) is 25.0 Å². The fourth-order valence-corrected chi connectivity index (χ4v) is 4.27. The lowest BCUT2D eigenvalue weighted by atomic mass is 9.99. The van der Waals surface area contributed by atoms with Crippen molar-refractivity contribution in [2.45, 2.75) is 13.0 Å². The molecule has 0 bridgehead atoms. The second kappa shape index (κ2) is 8.60. The number of hydrogen-bond acceptors (Lipinski definition) is 3. The molecule has 0 unspecified atom stereocenters. The zero-order chi connectivity index (χ0) is 22.1. The topological polar surface area (TPSA) is 25.6 Å². The SMILES string of the molecule is COc1ccc(CN2CC=C(c3ccc(F)cc3)CC2)c2cc(-c3ccccc3F)oc12. The Bertz CT molecular complexity index is 1290. The third-order valence-electron chi connectivity index (χ3n) is 6.00. The van der Waals surface area contributed by atoms with E-state index in [2.05, 4.69) is 11.0 Å². The number of rotatable bonds is 5. The number of halogens is 2. The van der Waals surface area contributed by atoms with Crippen LogP contribution < -0.4 is 4.74 Å². The van der Waals surface area contributed by atoms with E-state index in [1.165, 1.54) is 23.8 Å². The van der Waals surface area contributed by atoms with E-state index >= 15 is 0 Å². The predicted molar refractivity (Wildman–Crippen MR) is 122 cm³/mol. The molecule has 1 aromatic heterocycles. The van der Waals surface area contributed by atoms with E-state index in [1.807, 2.05) is 30.3 Å². The summed E-state index contributed by atoms with van der Waals surface area (Å²) in [5.41, 5.74) is 4.48. The summed E-state index contributed by atoms with van der Waals surface area (Å²) >= 11 is 0. The van der Waals surface area contributed by atoms with Crippen LogP contribution in [0.3, 0.4) is 0 Å². The zero-order valence-corrected chi connectivity index (χ0v) is 17.8. The van der Waals surface area contributed by atoms with Gasteiger partial charge in [0.15, 0.2) is 11.3 Å². The minimum atomic E-state index is -0.318. The average Bonchev–Trinajstić information content (AvgIpc) is 3.26. The van der Waals surface area contributed by atoms with Crippen molar-refractivity contribution < 1.29 is 17.9 Å². The molecule has 1 aliphatic heterocycles. The molecule has 3 nitrogen and oxygen atoms in total. The molecule has 32 heavy (non-hydrogen) atoms. The summed E-state index contributed by atoms with van der Waals surface area (Å²) in [6.07, 6.45) is 3.11. The van der Waals surface area contributed by atoms with Crippen LogP contribution in [0.1, 0.15) is 17.5 Å². The first-order valence-corrected chi connectivity index (χ1v) is 10.6. The lowest BCUT2D eigenvalue weighted by Crippen LogP contribution is -2.28. The summed E-state index contributed by atoms with van der Waals surface area (Å²) in [6.45, 7) is 2.44. The minimum Gasteiger partial charge on any atom is -0.493 e. The highest BCUT2D eigenvalue weighted by molar-refractivity contribution is 5.90. The van der Waals surface area contributed by atoms with Crippen LogP contribution in [0.5, 0.6) is 5.75 Å². The summed E-state index contributed by atoms with van der Waals surface area (Å²) in [7, 11) is 1.60. The van der Waals surface area contributed by atoms with Crippen LogP contribution in [0, 0.1) is 11.6 Å². The molecule has 0 spiro atoms. The van der Waals surface area contributed by atoms with Gasteiger partial charge in [0.2, 0.25) is 0 Å². The molecule has 0 radical (unpaired) electrons. The molecule has 5 heteroatoms. The van der Waals surface area contributed by atoms with E-state index in [4.69, 9.17) is 9.15 Å². The third kappa shape index (κ3) is 3.92.